The molecule has 1 aliphatic rings. The summed E-state index contributed by atoms with van der Waals surface area (Å²) in [5, 5.41) is 20.7. The third-order valence-corrected chi connectivity index (χ3v) is 10.9. The Hall–Kier alpha value is -2.96. The fourth-order valence-corrected chi connectivity index (χ4v) is 7.24. The molecule has 0 amide bonds. The van der Waals surface area contributed by atoms with Gasteiger partial charge in [0.05, 0.1) is 25.4 Å². The predicted molar refractivity (Wildman–Crippen MR) is 239 cm³/mol. The Labute approximate surface area is 361 Å². The van der Waals surface area contributed by atoms with Crippen LogP contribution >= 0.6 is 7.82 Å². The SMILES string of the molecule is CCCCC/C=C\C/C=C\C/C=C\C/C=C\CCCCCC(=O)OC[C@H](COP(=O)(O)OCCN)OC(=O)CCC/C=C\C[C@H]1C(=O)C[C@@H](O)[C@@H]1/C=C/[C@@H](O)CCCCC. The van der Waals surface area contributed by atoms with Crippen LogP contribution < -0.4 is 5.73 Å². The third-order valence-electron chi connectivity index (χ3n) is 9.93. The van der Waals surface area contributed by atoms with Gasteiger partial charge in [0.2, 0.25) is 0 Å². The highest BCUT2D eigenvalue weighted by Gasteiger charge is 2.39. The summed E-state index contributed by atoms with van der Waals surface area (Å²) < 4.78 is 32.7. The number of rotatable bonds is 37. The number of unbranched alkanes of at least 4 members (excludes halogenated alkanes) is 9. The summed E-state index contributed by atoms with van der Waals surface area (Å²) in [5.74, 6) is -1.82. The lowest BCUT2D eigenvalue weighted by Crippen LogP contribution is -2.29. The molecule has 1 aliphatic carbocycles. The summed E-state index contributed by atoms with van der Waals surface area (Å²) in [6.07, 6.45) is 38.7. The molecule has 0 aliphatic heterocycles. The summed E-state index contributed by atoms with van der Waals surface area (Å²) in [4.78, 5) is 47.6. The minimum atomic E-state index is -4.47. The van der Waals surface area contributed by atoms with Gasteiger partial charge in [0.25, 0.3) is 0 Å². The minimum Gasteiger partial charge on any atom is -0.462 e. The number of Topliss-reactive ketones (excluding diaryl/α,β-unsaturated/α-hetero) is 1. The molecule has 1 rings (SSSR count). The molecular formula is C47H78NO11P. The second-order valence-corrected chi connectivity index (χ2v) is 16.8. The van der Waals surface area contributed by atoms with E-state index in [0.29, 0.717) is 32.1 Å². The van der Waals surface area contributed by atoms with Gasteiger partial charge in [-0.15, -0.1) is 0 Å². The molecule has 6 atom stereocenters. The van der Waals surface area contributed by atoms with Crippen molar-refractivity contribution >= 4 is 25.5 Å². The van der Waals surface area contributed by atoms with Crippen LogP contribution in [0.4, 0.5) is 0 Å². The first kappa shape index (κ1) is 55.1. The van der Waals surface area contributed by atoms with Gasteiger partial charge in [-0.05, 0) is 77.0 Å². The van der Waals surface area contributed by atoms with Gasteiger partial charge in [0, 0.05) is 37.6 Å². The van der Waals surface area contributed by atoms with Crippen LogP contribution in [0.25, 0.3) is 0 Å². The van der Waals surface area contributed by atoms with E-state index in [2.05, 4.69) is 62.5 Å². The van der Waals surface area contributed by atoms with E-state index in [4.69, 9.17) is 24.3 Å². The van der Waals surface area contributed by atoms with Crippen LogP contribution in [0.5, 0.6) is 0 Å². The van der Waals surface area contributed by atoms with Crippen molar-refractivity contribution in [2.75, 3.05) is 26.4 Å². The second kappa shape index (κ2) is 36.7. The zero-order valence-corrected chi connectivity index (χ0v) is 37.5. The first-order chi connectivity index (χ1) is 29.0. The minimum absolute atomic E-state index is 0.00180. The van der Waals surface area contributed by atoms with Gasteiger partial charge in [-0.2, -0.15) is 0 Å². The summed E-state index contributed by atoms with van der Waals surface area (Å²) in [7, 11) is -4.47. The quantitative estimate of drug-likeness (QED) is 0.0200. The molecule has 0 spiro atoms. The lowest BCUT2D eigenvalue weighted by atomic mass is 9.90. The zero-order chi connectivity index (χ0) is 44.1. The normalized spacial score (nSPS) is 19.5. The smallest absolute Gasteiger partial charge is 0.462 e. The van der Waals surface area contributed by atoms with Crippen LogP contribution in [0.2, 0.25) is 0 Å². The van der Waals surface area contributed by atoms with Crippen molar-refractivity contribution in [1.82, 2.24) is 0 Å². The number of ether oxygens (including phenoxy) is 2. The van der Waals surface area contributed by atoms with Crippen molar-refractivity contribution in [3.63, 3.8) is 0 Å². The van der Waals surface area contributed by atoms with Gasteiger partial charge in [-0.1, -0.05) is 125 Å². The van der Waals surface area contributed by atoms with E-state index < -0.39 is 44.7 Å². The molecule has 0 heterocycles. The number of carbonyl (C=O) groups is 3. The number of ketones is 1. The van der Waals surface area contributed by atoms with Gasteiger partial charge in [0.15, 0.2) is 6.10 Å². The Morgan fingerprint density at radius 1 is 0.767 bits per heavy atom. The average molecular weight is 864 g/mol. The van der Waals surface area contributed by atoms with Crippen LogP contribution in [0.3, 0.4) is 0 Å². The Bertz CT molecular complexity index is 1370. The number of hydrogen-bond donors (Lipinski definition) is 4. The van der Waals surface area contributed by atoms with E-state index in [0.717, 1.165) is 57.8 Å². The van der Waals surface area contributed by atoms with Crippen LogP contribution in [0.15, 0.2) is 72.9 Å². The highest BCUT2D eigenvalue weighted by molar-refractivity contribution is 7.47. The van der Waals surface area contributed by atoms with Crippen molar-refractivity contribution < 1.29 is 52.6 Å². The Kier molecular flexibility index (Phi) is 33.7. The van der Waals surface area contributed by atoms with Crippen molar-refractivity contribution in [3.05, 3.63) is 72.9 Å². The number of phosphoric acid groups is 1. The van der Waals surface area contributed by atoms with E-state index in [1.807, 2.05) is 12.2 Å². The number of aliphatic hydroxyl groups excluding tert-OH is 2. The van der Waals surface area contributed by atoms with E-state index in [1.165, 1.54) is 25.7 Å². The number of esters is 2. The van der Waals surface area contributed by atoms with Crippen LogP contribution in [-0.2, 0) is 37.5 Å². The molecule has 1 saturated carbocycles. The average Bonchev–Trinajstić information content (AvgIpc) is 3.49. The Morgan fingerprint density at radius 3 is 2.00 bits per heavy atom. The monoisotopic (exact) mass is 864 g/mol. The molecule has 13 heteroatoms. The number of hydrogen-bond acceptors (Lipinski definition) is 11. The molecule has 0 aromatic carbocycles. The van der Waals surface area contributed by atoms with Crippen molar-refractivity contribution in [2.24, 2.45) is 17.6 Å². The van der Waals surface area contributed by atoms with E-state index in [-0.39, 0.29) is 56.6 Å². The molecule has 1 fully saturated rings. The van der Waals surface area contributed by atoms with Gasteiger partial charge >= 0.3 is 19.8 Å². The summed E-state index contributed by atoms with van der Waals surface area (Å²) >= 11 is 0. The molecular weight excluding hydrogens is 785 g/mol. The summed E-state index contributed by atoms with van der Waals surface area (Å²) in [5.41, 5.74) is 5.34. The van der Waals surface area contributed by atoms with Crippen molar-refractivity contribution in [1.29, 1.82) is 0 Å². The van der Waals surface area contributed by atoms with Gasteiger partial charge in [-0.25, -0.2) is 4.57 Å². The molecule has 0 saturated heterocycles. The molecule has 342 valence electrons. The Balaban J connectivity index is 2.42. The molecule has 0 radical (unpaired) electrons. The molecule has 0 aromatic heterocycles. The standard InChI is InChI=1S/C47H78NO11P/c1-3-5-7-8-9-10-11-12-13-14-15-16-17-18-19-20-21-22-27-31-46(52)56-38-41(39-58-60(54,55)57-36-35-48)59-47(53)32-28-24-23-26-30-42-43(45(51)37-44(42)50)34-33-40(49)29-25-6-4-2/h9-10,12-13,15-16,18-19,23,26,33-34,40-43,45,49,51H,3-8,11,14,17,20-22,24-25,27-32,35-39,48H2,1-2H3,(H,54,55)/b10-9-,13-12-,16-15-,19-18-,26-23-,34-33+/t40-,41+,42+,43+,45+/m0/s1. The molecule has 1 unspecified atom stereocenters. The maximum Gasteiger partial charge on any atom is 0.472 e. The van der Waals surface area contributed by atoms with E-state index in [9.17, 15) is 34.1 Å². The molecule has 5 N–H and O–H groups in total. The van der Waals surface area contributed by atoms with Crippen molar-refractivity contribution in [3.8, 4) is 0 Å². The number of aliphatic hydroxyl groups is 2. The lowest BCUT2D eigenvalue weighted by Gasteiger charge is -2.19. The van der Waals surface area contributed by atoms with Crippen LogP contribution in [0, 0.1) is 11.8 Å². The summed E-state index contributed by atoms with van der Waals surface area (Å²) in [6.45, 7) is 3.23. The zero-order valence-electron chi connectivity index (χ0n) is 36.6. The van der Waals surface area contributed by atoms with E-state index >= 15 is 0 Å². The highest BCUT2D eigenvalue weighted by Crippen LogP contribution is 2.43. The summed E-state index contributed by atoms with van der Waals surface area (Å²) in [6, 6.07) is 0. The topological polar surface area (TPSA) is 192 Å². The number of carbonyl (C=O) groups excluding carboxylic acids is 3. The number of phosphoric ester groups is 1. The van der Waals surface area contributed by atoms with Gasteiger partial charge in [0.1, 0.15) is 12.4 Å². The molecule has 60 heavy (non-hydrogen) atoms. The highest BCUT2D eigenvalue weighted by atomic mass is 31.2. The third kappa shape index (κ3) is 30.1. The predicted octanol–water partition coefficient (Wildman–Crippen LogP) is 9.64. The molecule has 12 nitrogen and oxygen atoms in total. The first-order valence-electron chi connectivity index (χ1n) is 22.5. The number of allylic oxidation sites excluding steroid dienone is 10. The van der Waals surface area contributed by atoms with E-state index in [1.54, 1.807) is 12.2 Å². The molecule has 0 aromatic rings. The first-order valence-corrected chi connectivity index (χ1v) is 24.0. The maximum absolute atomic E-state index is 12.7. The molecule has 0 bridgehead atoms. The number of nitrogens with two attached hydrogens (primary N) is 1. The largest absolute Gasteiger partial charge is 0.472 e. The van der Waals surface area contributed by atoms with Crippen LogP contribution in [-0.4, -0.2) is 77.5 Å². The fourth-order valence-electron chi connectivity index (χ4n) is 6.48. The second-order valence-electron chi connectivity index (χ2n) is 15.3. The lowest BCUT2D eigenvalue weighted by molar-refractivity contribution is -0.161. The Morgan fingerprint density at radius 2 is 1.35 bits per heavy atom. The van der Waals surface area contributed by atoms with Crippen LogP contribution in [0.1, 0.15) is 149 Å². The van der Waals surface area contributed by atoms with Gasteiger partial charge in [-0.3, -0.25) is 23.4 Å². The fraction of sp³-hybridized carbons (Fsp3) is 0.681. The van der Waals surface area contributed by atoms with Gasteiger partial charge < -0.3 is 30.3 Å². The van der Waals surface area contributed by atoms with Crippen molar-refractivity contribution in [2.45, 2.75) is 167 Å². The maximum atomic E-state index is 12.7.